The molecular formula is C15H23BrN2O3. The van der Waals surface area contributed by atoms with Crippen molar-refractivity contribution in [3.8, 4) is 0 Å². The number of aliphatic carboxylic acids is 1. The van der Waals surface area contributed by atoms with Crippen molar-refractivity contribution in [3.63, 3.8) is 0 Å². The van der Waals surface area contributed by atoms with Crippen molar-refractivity contribution in [2.24, 2.45) is 5.92 Å². The fourth-order valence-electron chi connectivity index (χ4n) is 1.87. The second kappa shape index (κ2) is 9.50. The average molecular weight is 359 g/mol. The lowest BCUT2D eigenvalue weighted by Gasteiger charge is -2.15. The lowest BCUT2D eigenvalue weighted by Crippen LogP contribution is -3.00. The molecule has 1 rings (SSSR count). The highest BCUT2D eigenvalue weighted by Crippen LogP contribution is 2.05. The molecule has 1 amide bonds. The van der Waals surface area contributed by atoms with Gasteiger partial charge in [0.05, 0.1) is 6.42 Å². The van der Waals surface area contributed by atoms with Gasteiger partial charge in [0.25, 0.3) is 0 Å². The molecule has 0 bridgehead atoms. The monoisotopic (exact) mass is 358 g/mol. The Morgan fingerprint density at radius 2 is 1.86 bits per heavy atom. The molecule has 1 heterocycles. The molecular weight excluding hydrogens is 336 g/mol. The van der Waals surface area contributed by atoms with E-state index in [1.54, 1.807) is 0 Å². The molecule has 1 unspecified atom stereocenters. The van der Waals surface area contributed by atoms with Crippen molar-refractivity contribution in [2.45, 2.75) is 46.2 Å². The van der Waals surface area contributed by atoms with Gasteiger partial charge in [0.15, 0.2) is 18.9 Å². The van der Waals surface area contributed by atoms with Gasteiger partial charge in [-0.15, -0.1) is 0 Å². The smallest absolute Gasteiger partial charge is 0.326 e. The molecule has 1 atom stereocenters. The Kier molecular flexibility index (Phi) is 8.85. The summed E-state index contributed by atoms with van der Waals surface area (Å²) >= 11 is 0. The summed E-state index contributed by atoms with van der Waals surface area (Å²) in [6.45, 7) is 6.41. The second-order valence-corrected chi connectivity index (χ2v) is 5.45. The molecule has 0 aliphatic rings. The minimum atomic E-state index is -0.977. The summed E-state index contributed by atoms with van der Waals surface area (Å²) < 4.78 is 1.91. The molecule has 21 heavy (non-hydrogen) atoms. The van der Waals surface area contributed by atoms with Crippen molar-refractivity contribution in [1.29, 1.82) is 0 Å². The largest absolute Gasteiger partial charge is 1.00 e. The summed E-state index contributed by atoms with van der Waals surface area (Å²) in [5.41, 5.74) is 1.16. The summed E-state index contributed by atoms with van der Waals surface area (Å²) in [4.78, 5) is 22.9. The Balaban J connectivity index is 0.00000400. The molecule has 0 aromatic carbocycles. The molecule has 0 aliphatic heterocycles. The van der Waals surface area contributed by atoms with Crippen molar-refractivity contribution in [1.82, 2.24) is 5.32 Å². The first kappa shape index (κ1) is 19.6. The van der Waals surface area contributed by atoms with Crippen LogP contribution >= 0.6 is 0 Å². The first-order valence-electron chi connectivity index (χ1n) is 6.86. The molecule has 6 heteroatoms. The van der Waals surface area contributed by atoms with Crippen LogP contribution in [0.2, 0.25) is 0 Å². The van der Waals surface area contributed by atoms with Crippen molar-refractivity contribution >= 4 is 11.9 Å². The van der Waals surface area contributed by atoms with E-state index in [4.69, 9.17) is 5.11 Å². The fraction of sp³-hybridized carbons (Fsp3) is 0.533. The van der Waals surface area contributed by atoms with E-state index in [9.17, 15) is 9.59 Å². The number of hydrogen-bond donors (Lipinski definition) is 2. The van der Waals surface area contributed by atoms with Gasteiger partial charge in [0, 0.05) is 12.1 Å². The first-order valence-corrected chi connectivity index (χ1v) is 6.86. The van der Waals surface area contributed by atoms with Crippen LogP contribution in [-0.2, 0) is 16.1 Å². The maximum absolute atomic E-state index is 11.8. The molecule has 5 nitrogen and oxygen atoms in total. The van der Waals surface area contributed by atoms with E-state index >= 15 is 0 Å². The van der Waals surface area contributed by atoms with Crippen molar-refractivity contribution in [3.05, 3.63) is 30.1 Å². The highest BCUT2D eigenvalue weighted by molar-refractivity contribution is 5.83. The van der Waals surface area contributed by atoms with Gasteiger partial charge in [-0.1, -0.05) is 13.8 Å². The van der Waals surface area contributed by atoms with Crippen LogP contribution in [0.4, 0.5) is 0 Å². The Morgan fingerprint density at radius 3 is 2.33 bits per heavy atom. The van der Waals surface area contributed by atoms with Crippen LogP contribution in [0.15, 0.2) is 24.5 Å². The SMILES string of the molecule is Cc1cc[n+](CCC(=O)NC(CC(C)C)C(=O)O)cc1.[Br-]. The normalized spacial score (nSPS) is 11.6. The van der Waals surface area contributed by atoms with Gasteiger partial charge < -0.3 is 27.4 Å². The van der Waals surface area contributed by atoms with Crippen LogP contribution in [-0.4, -0.2) is 23.0 Å². The highest BCUT2D eigenvalue weighted by Gasteiger charge is 2.21. The van der Waals surface area contributed by atoms with Crippen molar-refractivity contribution < 1.29 is 36.2 Å². The zero-order chi connectivity index (χ0) is 15.1. The molecule has 118 valence electrons. The number of aryl methyl sites for hydroxylation is 2. The number of nitrogens with one attached hydrogen (secondary N) is 1. The van der Waals surface area contributed by atoms with Crippen LogP contribution < -0.4 is 26.9 Å². The lowest BCUT2D eigenvalue weighted by molar-refractivity contribution is -0.695. The fourth-order valence-corrected chi connectivity index (χ4v) is 1.87. The number of carbonyl (C=O) groups excluding carboxylic acids is 1. The van der Waals surface area contributed by atoms with Gasteiger partial charge in [-0.2, -0.15) is 0 Å². The van der Waals surface area contributed by atoms with Crippen LogP contribution in [0.1, 0.15) is 32.3 Å². The zero-order valence-electron chi connectivity index (χ0n) is 12.7. The number of carboxylic acid groups (broad SMARTS) is 1. The summed E-state index contributed by atoms with van der Waals surface area (Å²) in [7, 11) is 0. The third-order valence-electron chi connectivity index (χ3n) is 3.00. The van der Waals surface area contributed by atoms with Gasteiger partial charge in [-0.25, -0.2) is 9.36 Å². The number of carboxylic acids is 1. The summed E-state index contributed by atoms with van der Waals surface area (Å²) in [6.07, 6.45) is 4.53. The number of aromatic nitrogens is 1. The quantitative estimate of drug-likeness (QED) is 0.570. The number of carbonyl (C=O) groups is 2. The average Bonchev–Trinajstić information content (AvgIpc) is 2.36. The summed E-state index contributed by atoms with van der Waals surface area (Å²) in [5, 5.41) is 11.6. The topological polar surface area (TPSA) is 70.3 Å². The molecule has 0 aliphatic carbocycles. The number of amides is 1. The predicted molar refractivity (Wildman–Crippen MR) is 75.0 cm³/mol. The molecule has 0 saturated heterocycles. The Morgan fingerprint density at radius 1 is 1.29 bits per heavy atom. The zero-order valence-corrected chi connectivity index (χ0v) is 14.3. The molecule has 0 saturated carbocycles. The maximum Gasteiger partial charge on any atom is 0.326 e. The van der Waals surface area contributed by atoms with E-state index in [-0.39, 0.29) is 35.2 Å². The maximum atomic E-state index is 11.8. The predicted octanol–water partition coefficient (Wildman–Crippen LogP) is -1.71. The van der Waals surface area contributed by atoms with Crippen LogP contribution in [0.5, 0.6) is 0 Å². The number of nitrogens with zero attached hydrogens (tertiary/aromatic N) is 1. The summed E-state index contributed by atoms with van der Waals surface area (Å²) in [6, 6.07) is 3.14. The molecule has 1 aromatic heterocycles. The first-order chi connectivity index (χ1) is 9.38. The second-order valence-electron chi connectivity index (χ2n) is 5.45. The van der Waals surface area contributed by atoms with E-state index < -0.39 is 12.0 Å². The van der Waals surface area contributed by atoms with Gasteiger partial charge in [-0.05, 0) is 24.8 Å². The van der Waals surface area contributed by atoms with Crippen LogP contribution in [0, 0.1) is 12.8 Å². The van der Waals surface area contributed by atoms with E-state index in [0.29, 0.717) is 13.0 Å². The summed E-state index contributed by atoms with van der Waals surface area (Å²) in [5.74, 6) is -0.982. The third-order valence-corrected chi connectivity index (χ3v) is 3.00. The number of hydrogen-bond acceptors (Lipinski definition) is 2. The Labute approximate surface area is 136 Å². The van der Waals surface area contributed by atoms with Crippen LogP contribution in [0.25, 0.3) is 0 Å². The highest BCUT2D eigenvalue weighted by atomic mass is 79.9. The number of halogens is 1. The van der Waals surface area contributed by atoms with E-state index in [1.807, 2.05) is 49.9 Å². The van der Waals surface area contributed by atoms with Crippen molar-refractivity contribution in [2.75, 3.05) is 0 Å². The minimum Gasteiger partial charge on any atom is -1.00 e. The molecule has 0 fully saturated rings. The molecule has 0 spiro atoms. The number of rotatable bonds is 7. The lowest BCUT2D eigenvalue weighted by atomic mass is 10.0. The van der Waals surface area contributed by atoms with E-state index in [1.165, 1.54) is 0 Å². The molecule has 1 aromatic rings. The minimum absolute atomic E-state index is 0. The standard InChI is InChI=1S/C15H22N2O3.BrH/c1-11(2)10-13(15(19)20)16-14(18)6-9-17-7-4-12(3)5-8-17;/h4-5,7-8,11,13H,6,9-10H2,1-3H3,(H-,16,18,19,20);1H. The van der Waals surface area contributed by atoms with Gasteiger partial charge in [0.1, 0.15) is 6.04 Å². The van der Waals surface area contributed by atoms with Gasteiger partial charge >= 0.3 is 5.97 Å². The van der Waals surface area contributed by atoms with Gasteiger partial charge in [-0.3, -0.25) is 4.79 Å². The Hall–Kier alpha value is -1.43. The molecule has 0 radical (unpaired) electrons. The van der Waals surface area contributed by atoms with Crippen LogP contribution in [0.3, 0.4) is 0 Å². The number of pyridine rings is 1. The van der Waals surface area contributed by atoms with E-state index in [0.717, 1.165) is 5.56 Å². The Bertz CT molecular complexity index is 460. The third kappa shape index (κ3) is 7.80. The van der Waals surface area contributed by atoms with E-state index in [2.05, 4.69) is 5.32 Å². The van der Waals surface area contributed by atoms with Gasteiger partial charge in [0.2, 0.25) is 5.91 Å². The molecule has 2 N–H and O–H groups in total.